The monoisotopic (exact) mass is 255 g/mol. The average molecular weight is 256 g/mol. The van der Waals surface area contributed by atoms with Gasteiger partial charge in [0, 0.05) is 5.56 Å². The summed E-state index contributed by atoms with van der Waals surface area (Å²) in [6, 6.07) is 8.47. The summed E-state index contributed by atoms with van der Waals surface area (Å²) in [5, 5.41) is 10.0. The molecule has 5 heteroatoms. The lowest BCUT2D eigenvalue weighted by Crippen LogP contribution is -2.51. The van der Waals surface area contributed by atoms with E-state index in [1.807, 2.05) is 0 Å². The predicted molar refractivity (Wildman–Crippen MR) is 64.2 cm³/mol. The summed E-state index contributed by atoms with van der Waals surface area (Å²) in [7, 11) is 0. The van der Waals surface area contributed by atoms with Crippen molar-refractivity contribution in [3.05, 3.63) is 35.9 Å². The molecule has 0 aliphatic carbocycles. The minimum Gasteiger partial charge on any atom is -0.291 e. The number of halogens is 1. The topological polar surface area (TPSA) is 57.6 Å². The number of rotatable bonds is 4. The zero-order valence-electron chi connectivity index (χ0n) is 9.68. The van der Waals surface area contributed by atoms with Crippen molar-refractivity contribution in [2.45, 2.75) is 19.4 Å². The fourth-order valence-corrected chi connectivity index (χ4v) is 1.52. The van der Waals surface area contributed by atoms with Crippen LogP contribution in [-0.4, -0.2) is 33.4 Å². The van der Waals surface area contributed by atoms with Crippen molar-refractivity contribution in [3.63, 3.8) is 0 Å². The average Bonchev–Trinajstić information content (AvgIpc) is 2.36. The number of alkyl halides is 1. The number of ketones is 1. The highest BCUT2D eigenvalue weighted by Gasteiger charge is 2.37. The SMILES string of the molecule is CC(C)(C(=O)c1ccccc1)N(O)C(=O)CCl. The van der Waals surface area contributed by atoms with Crippen molar-refractivity contribution >= 4 is 23.3 Å². The van der Waals surface area contributed by atoms with Gasteiger partial charge in [-0.2, -0.15) is 0 Å². The molecule has 1 amide bonds. The molecular weight excluding hydrogens is 242 g/mol. The Morgan fingerprint density at radius 2 is 1.82 bits per heavy atom. The van der Waals surface area contributed by atoms with Gasteiger partial charge in [0.15, 0.2) is 5.78 Å². The highest BCUT2D eigenvalue weighted by Crippen LogP contribution is 2.19. The van der Waals surface area contributed by atoms with Crippen molar-refractivity contribution in [2.24, 2.45) is 0 Å². The molecule has 1 aromatic rings. The molecule has 0 aliphatic rings. The Hall–Kier alpha value is -1.39. The van der Waals surface area contributed by atoms with Gasteiger partial charge in [-0.1, -0.05) is 30.3 Å². The standard InChI is InChI=1S/C12H14ClNO3/c1-12(2,14(17)10(15)8-13)11(16)9-6-4-3-5-7-9/h3-7,17H,8H2,1-2H3. The van der Waals surface area contributed by atoms with Crippen LogP contribution in [0.4, 0.5) is 0 Å². The van der Waals surface area contributed by atoms with Gasteiger partial charge in [-0.3, -0.25) is 14.8 Å². The molecule has 0 aromatic heterocycles. The molecule has 1 aromatic carbocycles. The van der Waals surface area contributed by atoms with Crippen molar-refractivity contribution in [1.82, 2.24) is 5.06 Å². The Kier molecular flexibility index (Phi) is 4.26. The number of hydroxylamine groups is 2. The summed E-state index contributed by atoms with van der Waals surface area (Å²) in [5.74, 6) is -1.43. The molecule has 0 aliphatic heterocycles. The van der Waals surface area contributed by atoms with Crippen LogP contribution in [0.3, 0.4) is 0 Å². The molecule has 0 atom stereocenters. The molecule has 4 nitrogen and oxygen atoms in total. The fraction of sp³-hybridized carbons (Fsp3) is 0.333. The predicted octanol–water partition coefficient (Wildman–Crippen LogP) is 2.10. The molecular formula is C12H14ClNO3. The van der Waals surface area contributed by atoms with Crippen LogP contribution in [0.1, 0.15) is 24.2 Å². The van der Waals surface area contributed by atoms with Crippen LogP contribution in [0, 0.1) is 0 Å². The van der Waals surface area contributed by atoms with E-state index < -0.39 is 11.4 Å². The molecule has 0 saturated heterocycles. The Morgan fingerprint density at radius 1 is 1.29 bits per heavy atom. The first-order valence-electron chi connectivity index (χ1n) is 5.09. The largest absolute Gasteiger partial charge is 0.291 e. The lowest BCUT2D eigenvalue weighted by atomic mass is 9.93. The van der Waals surface area contributed by atoms with E-state index in [1.54, 1.807) is 30.3 Å². The summed E-state index contributed by atoms with van der Waals surface area (Å²) in [6.45, 7) is 2.93. The molecule has 0 radical (unpaired) electrons. The summed E-state index contributed by atoms with van der Waals surface area (Å²) in [4.78, 5) is 23.4. The fourth-order valence-electron chi connectivity index (χ4n) is 1.41. The smallest absolute Gasteiger partial charge is 0.261 e. The van der Waals surface area contributed by atoms with Gasteiger partial charge in [-0.05, 0) is 13.8 Å². The van der Waals surface area contributed by atoms with Gasteiger partial charge in [0.2, 0.25) is 0 Å². The van der Waals surface area contributed by atoms with E-state index >= 15 is 0 Å². The van der Waals surface area contributed by atoms with Crippen molar-refractivity contribution in [3.8, 4) is 0 Å². The highest BCUT2D eigenvalue weighted by atomic mass is 35.5. The molecule has 0 spiro atoms. The summed E-state index contributed by atoms with van der Waals surface area (Å²) < 4.78 is 0. The normalized spacial score (nSPS) is 11.1. The van der Waals surface area contributed by atoms with Gasteiger partial charge < -0.3 is 0 Å². The van der Waals surface area contributed by atoms with Crippen molar-refractivity contribution in [1.29, 1.82) is 0 Å². The summed E-state index contributed by atoms with van der Waals surface area (Å²) in [5.41, 5.74) is -0.910. The molecule has 0 bridgehead atoms. The van der Waals surface area contributed by atoms with Crippen LogP contribution in [0.5, 0.6) is 0 Å². The van der Waals surface area contributed by atoms with E-state index in [9.17, 15) is 14.8 Å². The van der Waals surface area contributed by atoms with Gasteiger partial charge in [0.1, 0.15) is 11.4 Å². The van der Waals surface area contributed by atoms with E-state index in [1.165, 1.54) is 13.8 Å². The molecule has 0 saturated carbocycles. The number of carbonyl (C=O) groups is 2. The highest BCUT2D eigenvalue weighted by molar-refractivity contribution is 6.27. The maximum absolute atomic E-state index is 12.1. The first kappa shape index (κ1) is 13.7. The van der Waals surface area contributed by atoms with Crippen LogP contribution in [0.15, 0.2) is 30.3 Å². The quantitative estimate of drug-likeness (QED) is 0.388. The van der Waals surface area contributed by atoms with Gasteiger partial charge >= 0.3 is 0 Å². The Morgan fingerprint density at radius 3 is 2.29 bits per heavy atom. The van der Waals surface area contributed by atoms with Gasteiger partial charge in [-0.25, -0.2) is 5.06 Å². The molecule has 1 rings (SSSR count). The number of carbonyl (C=O) groups excluding carboxylic acids is 2. The van der Waals surface area contributed by atoms with Crippen molar-refractivity contribution < 1.29 is 14.8 Å². The Labute approximate surface area is 105 Å². The minimum atomic E-state index is -1.34. The lowest BCUT2D eigenvalue weighted by molar-refractivity contribution is -0.179. The number of benzene rings is 1. The van der Waals surface area contributed by atoms with Crippen LogP contribution in [0.25, 0.3) is 0 Å². The second kappa shape index (κ2) is 5.29. The first-order valence-corrected chi connectivity index (χ1v) is 5.62. The second-order valence-electron chi connectivity index (χ2n) is 4.09. The zero-order chi connectivity index (χ0) is 13.1. The maximum Gasteiger partial charge on any atom is 0.261 e. The summed E-state index contributed by atoms with van der Waals surface area (Å²) >= 11 is 5.34. The number of hydrogen-bond donors (Lipinski definition) is 1. The third-order valence-corrected chi connectivity index (χ3v) is 2.70. The molecule has 1 N–H and O–H groups in total. The van der Waals surface area contributed by atoms with E-state index in [0.717, 1.165) is 0 Å². The minimum absolute atomic E-state index is 0.348. The number of nitrogens with zero attached hydrogens (tertiary/aromatic N) is 1. The maximum atomic E-state index is 12.1. The van der Waals surface area contributed by atoms with E-state index in [-0.39, 0.29) is 11.7 Å². The molecule has 0 unspecified atom stereocenters. The molecule has 92 valence electrons. The van der Waals surface area contributed by atoms with Gasteiger partial charge in [-0.15, -0.1) is 11.6 Å². The van der Waals surface area contributed by atoms with E-state index in [4.69, 9.17) is 11.6 Å². The number of amides is 1. The van der Waals surface area contributed by atoms with Crippen LogP contribution in [0.2, 0.25) is 0 Å². The first-order chi connectivity index (χ1) is 7.91. The number of Topliss-reactive ketones (excluding diaryl/α,β-unsaturated/α-hetero) is 1. The zero-order valence-corrected chi connectivity index (χ0v) is 10.4. The van der Waals surface area contributed by atoms with Crippen LogP contribution < -0.4 is 0 Å². The van der Waals surface area contributed by atoms with E-state index in [0.29, 0.717) is 10.6 Å². The van der Waals surface area contributed by atoms with Crippen LogP contribution >= 0.6 is 11.6 Å². The van der Waals surface area contributed by atoms with Crippen molar-refractivity contribution in [2.75, 3.05) is 5.88 Å². The van der Waals surface area contributed by atoms with Gasteiger partial charge in [0.25, 0.3) is 5.91 Å². The second-order valence-corrected chi connectivity index (χ2v) is 4.36. The summed E-state index contributed by atoms with van der Waals surface area (Å²) in [6.07, 6.45) is 0. The number of hydrogen-bond acceptors (Lipinski definition) is 3. The molecule has 0 heterocycles. The Balaban J connectivity index is 2.98. The van der Waals surface area contributed by atoms with E-state index in [2.05, 4.69) is 0 Å². The Bertz CT molecular complexity index is 417. The molecule has 0 fully saturated rings. The molecule has 17 heavy (non-hydrogen) atoms. The third-order valence-electron chi connectivity index (χ3n) is 2.47. The lowest BCUT2D eigenvalue weighted by Gasteiger charge is -2.31. The third kappa shape index (κ3) is 2.84. The van der Waals surface area contributed by atoms with Gasteiger partial charge in [0.05, 0.1) is 0 Å². The van der Waals surface area contributed by atoms with Crippen LogP contribution in [-0.2, 0) is 4.79 Å².